The van der Waals surface area contributed by atoms with Crippen molar-refractivity contribution in [3.8, 4) is 0 Å². The first kappa shape index (κ1) is 19.7. The Morgan fingerprint density at radius 1 is 1.30 bits per heavy atom. The molecule has 110 valence electrons. The molecule has 2 nitrogen and oxygen atoms in total. The third-order valence-electron chi connectivity index (χ3n) is 2.21. The summed E-state index contributed by atoms with van der Waals surface area (Å²) in [6.07, 6.45) is 1.05. The summed E-state index contributed by atoms with van der Waals surface area (Å²) < 4.78 is 0. The normalized spacial score (nSPS) is 8.65. The average Bonchev–Trinajstić information content (AvgIpc) is 2.88. The molecule has 0 spiro atoms. The van der Waals surface area contributed by atoms with Gasteiger partial charge in [0.25, 0.3) is 0 Å². The first-order valence-electron chi connectivity index (χ1n) is 6.06. The summed E-state index contributed by atoms with van der Waals surface area (Å²) in [6.45, 7) is 5.91. The minimum atomic E-state index is -1.42. The molecule has 1 amide bonds. The number of halogens is 2. The summed E-state index contributed by atoms with van der Waals surface area (Å²) in [4.78, 5) is 9.53. The van der Waals surface area contributed by atoms with Gasteiger partial charge in [0.1, 0.15) is 0 Å². The van der Waals surface area contributed by atoms with Crippen LogP contribution in [0.25, 0.3) is 10.8 Å². The number of fused-ring (bicyclic) bond motifs is 1. The van der Waals surface area contributed by atoms with Crippen LogP contribution in [0.4, 0.5) is 0 Å². The first-order chi connectivity index (χ1) is 9.38. The van der Waals surface area contributed by atoms with Gasteiger partial charge in [-0.05, 0) is 0 Å². The molecule has 2 aromatic rings. The Kier molecular flexibility index (Phi) is 11.2. The smallest absolute Gasteiger partial charge is 0.0809 e. The molecule has 0 aliphatic rings. The van der Waals surface area contributed by atoms with Crippen molar-refractivity contribution >= 4 is 41.5 Å². The van der Waals surface area contributed by atoms with Gasteiger partial charge in [0.2, 0.25) is 0 Å². The molecule has 2 N–H and O–H groups in total. The van der Waals surface area contributed by atoms with Gasteiger partial charge >= 0.3 is 52.4 Å². The van der Waals surface area contributed by atoms with Crippen LogP contribution in [0, 0.1) is 6.42 Å². The van der Waals surface area contributed by atoms with Crippen LogP contribution >= 0.6 is 18.6 Å². The molecule has 0 atom stereocenters. The van der Waals surface area contributed by atoms with E-state index in [4.69, 9.17) is 18.6 Å². The van der Waals surface area contributed by atoms with Crippen molar-refractivity contribution in [3.63, 3.8) is 0 Å². The van der Waals surface area contributed by atoms with E-state index in [9.17, 15) is 4.79 Å². The molecule has 20 heavy (non-hydrogen) atoms. The monoisotopic (exact) mass is 363 g/mol. The number of carbonyl (C=O) groups is 1. The van der Waals surface area contributed by atoms with E-state index in [0.29, 0.717) is 0 Å². The molecular formula is C14H19Cl2NOSiTi-2. The van der Waals surface area contributed by atoms with Crippen molar-refractivity contribution in [2.45, 2.75) is 20.0 Å². The molecule has 0 aromatic heterocycles. The number of hydrogen-bond acceptors (Lipinski definition) is 1. The van der Waals surface area contributed by atoms with Crippen LogP contribution in [-0.2, 0) is 19.3 Å². The molecule has 0 heterocycles. The number of carbonyl (C=O) groups excluding carboxylic acids is 1. The fourth-order valence-corrected chi connectivity index (χ4v) is 1.07. The van der Waals surface area contributed by atoms with Gasteiger partial charge < -0.3 is 16.9 Å². The Morgan fingerprint density at radius 3 is 2.20 bits per heavy atom. The topological polar surface area (TPSA) is 43.1 Å². The molecule has 2 rings (SSSR count). The Morgan fingerprint density at radius 2 is 1.80 bits per heavy atom. The molecule has 0 fully saturated rings. The molecule has 0 unspecified atom stereocenters. The van der Waals surface area contributed by atoms with Crippen LogP contribution in [0.1, 0.15) is 6.92 Å². The van der Waals surface area contributed by atoms with E-state index < -0.39 is 14.5 Å². The third-order valence-corrected chi connectivity index (χ3v) is 15.9. The van der Waals surface area contributed by atoms with Crippen molar-refractivity contribution in [3.05, 3.63) is 48.9 Å². The van der Waals surface area contributed by atoms with Gasteiger partial charge in [0, 0.05) is 0 Å². The zero-order valence-electron chi connectivity index (χ0n) is 11.9. The number of benzene rings is 1. The number of nitrogens with two attached hydrogens (primary N) is 1. The summed E-state index contributed by atoms with van der Waals surface area (Å²) >= 11 is -1.42. The van der Waals surface area contributed by atoms with Crippen molar-refractivity contribution in [2.24, 2.45) is 5.73 Å². The van der Waals surface area contributed by atoms with E-state index in [-0.39, 0.29) is 12.1 Å². The quantitative estimate of drug-likeness (QED) is 0.591. The van der Waals surface area contributed by atoms with Gasteiger partial charge in [-0.15, -0.1) is 29.7 Å². The molecule has 2 aromatic carbocycles. The van der Waals surface area contributed by atoms with Crippen LogP contribution in [0.5, 0.6) is 0 Å². The number of amides is 1. The molecule has 0 radical (unpaired) electrons. The predicted molar refractivity (Wildman–Crippen MR) is 87.9 cm³/mol. The van der Waals surface area contributed by atoms with Gasteiger partial charge in [0.15, 0.2) is 0 Å². The molecular weight excluding hydrogens is 345 g/mol. The fraction of sp³-hybridized carbons (Fsp3) is 0.214. The second-order valence-electron chi connectivity index (χ2n) is 4.11. The van der Waals surface area contributed by atoms with Crippen LogP contribution in [0.2, 0.25) is 13.1 Å². The Balaban J connectivity index is 0.000000291. The maximum atomic E-state index is 9.53. The van der Waals surface area contributed by atoms with Gasteiger partial charge in [-0.25, -0.2) is 0 Å². The Bertz CT molecular complexity index is 521. The van der Waals surface area contributed by atoms with E-state index >= 15 is 0 Å². The van der Waals surface area contributed by atoms with Crippen LogP contribution < -0.4 is 5.73 Å². The summed E-state index contributed by atoms with van der Waals surface area (Å²) in [6, 6.07) is 14.7. The Labute approximate surface area is 135 Å². The largest absolute Gasteiger partial charge is 0.168 e. The maximum absolute atomic E-state index is 9.53. The van der Waals surface area contributed by atoms with Gasteiger partial charge in [-0.3, -0.25) is 0 Å². The third kappa shape index (κ3) is 9.56. The van der Waals surface area contributed by atoms with E-state index in [0.717, 1.165) is 0 Å². The second-order valence-corrected chi connectivity index (χ2v) is 20.2. The first-order valence-corrected chi connectivity index (χ1v) is 15.2. The van der Waals surface area contributed by atoms with E-state index in [1.54, 1.807) is 6.92 Å². The number of rotatable bonds is 1. The number of primary amides is 1. The molecule has 0 saturated heterocycles. The van der Waals surface area contributed by atoms with E-state index in [2.05, 4.69) is 61.3 Å². The second kappa shape index (κ2) is 11.4. The maximum Gasteiger partial charge on any atom is -0.0809 e. The van der Waals surface area contributed by atoms with Crippen molar-refractivity contribution < 1.29 is 19.3 Å². The standard InChI is InChI=1S/C9H7.C3H6NO.C2H6Si.2ClH.Ti/c1-2-5-9-7-3-6-8(9)4-1;1-2-3(4)5;1-3-2;;;/h1-7H;2H,1H3,(H2,4,5);1-2H3;2*1H;/q2*-1;;;;+2/p-2. The molecule has 6 heteroatoms. The predicted octanol–water partition coefficient (Wildman–Crippen LogP) is 4.42. The Hall–Kier alpha value is -0.319. The van der Waals surface area contributed by atoms with Gasteiger partial charge in [-0.2, -0.15) is 24.4 Å². The summed E-state index contributed by atoms with van der Waals surface area (Å²) in [5, 5.41) is 2.66. The van der Waals surface area contributed by atoms with Crippen LogP contribution in [-0.4, -0.2) is 12.1 Å². The molecule has 0 aliphatic carbocycles. The van der Waals surface area contributed by atoms with Crippen molar-refractivity contribution in [1.29, 1.82) is 0 Å². The SMILES string of the molecule is C[CH-]C(N)=O.C[Si](C)=[Ti]([Cl])[Cl].c1ccc2[cH-]ccc2c1. The van der Waals surface area contributed by atoms with Crippen LogP contribution in [0.3, 0.4) is 0 Å². The molecule has 0 bridgehead atoms. The minimum absolute atomic E-state index is 0.254. The van der Waals surface area contributed by atoms with Gasteiger partial charge in [0.05, 0.1) is 5.91 Å². The summed E-state index contributed by atoms with van der Waals surface area (Å²) in [7, 11) is 11.2. The zero-order valence-corrected chi connectivity index (χ0v) is 15.9. The van der Waals surface area contributed by atoms with Gasteiger partial charge in [-0.1, -0.05) is 6.07 Å². The average molecular weight is 364 g/mol. The molecule has 0 saturated carbocycles. The fourth-order valence-electron chi connectivity index (χ4n) is 1.07. The number of hydrogen-bond donors (Lipinski definition) is 1. The van der Waals surface area contributed by atoms with E-state index in [1.807, 2.05) is 0 Å². The summed E-state index contributed by atoms with van der Waals surface area (Å²) in [5.41, 5.74) is 4.60. The van der Waals surface area contributed by atoms with Crippen molar-refractivity contribution in [1.82, 2.24) is 0 Å². The van der Waals surface area contributed by atoms with Crippen LogP contribution in [0.15, 0.2) is 42.5 Å². The molecule has 0 aliphatic heterocycles. The minimum Gasteiger partial charge on any atom is -0.168 e. The summed E-state index contributed by atoms with van der Waals surface area (Å²) in [5.74, 6) is -0.370. The van der Waals surface area contributed by atoms with Crippen molar-refractivity contribution in [2.75, 3.05) is 0 Å². The zero-order chi connectivity index (χ0) is 15.5. The van der Waals surface area contributed by atoms with E-state index in [1.165, 1.54) is 17.2 Å².